The molecule has 6 heteroatoms. The van der Waals surface area contributed by atoms with Crippen molar-refractivity contribution in [1.82, 2.24) is 15.2 Å². The van der Waals surface area contributed by atoms with Gasteiger partial charge >= 0.3 is 0 Å². The summed E-state index contributed by atoms with van der Waals surface area (Å²) >= 11 is 0. The number of piperazine rings is 1. The number of hydrogen-bond donors (Lipinski definition) is 1. The minimum absolute atomic E-state index is 0.0467. The van der Waals surface area contributed by atoms with Crippen LogP contribution in [-0.4, -0.2) is 47.8 Å². The molecule has 2 aliphatic rings. The van der Waals surface area contributed by atoms with Gasteiger partial charge in [-0.25, -0.2) is 5.01 Å². The number of anilines is 1. The maximum Gasteiger partial charge on any atom is 0.271 e. The van der Waals surface area contributed by atoms with Gasteiger partial charge in [0, 0.05) is 39.1 Å². The largest absolute Gasteiger partial charge is 0.335 e. The van der Waals surface area contributed by atoms with Crippen molar-refractivity contribution in [2.45, 2.75) is 26.8 Å². The molecule has 1 saturated heterocycles. The van der Waals surface area contributed by atoms with E-state index in [-0.39, 0.29) is 18.2 Å². The van der Waals surface area contributed by atoms with Crippen LogP contribution in [-0.2, 0) is 16.1 Å². The smallest absolute Gasteiger partial charge is 0.271 e. The summed E-state index contributed by atoms with van der Waals surface area (Å²) in [4.78, 5) is 29.6. The number of aryl methyl sites for hydroxylation is 2. The van der Waals surface area contributed by atoms with Gasteiger partial charge < -0.3 is 4.90 Å². The highest BCUT2D eigenvalue weighted by Gasteiger charge is 2.28. The van der Waals surface area contributed by atoms with Crippen LogP contribution >= 0.6 is 0 Å². The first-order valence-electron chi connectivity index (χ1n) is 10.4. The van der Waals surface area contributed by atoms with Gasteiger partial charge in [0.05, 0.1) is 5.69 Å². The van der Waals surface area contributed by atoms with Gasteiger partial charge in [-0.2, -0.15) is 0 Å². The second-order valence-electron chi connectivity index (χ2n) is 8.00. The van der Waals surface area contributed by atoms with E-state index < -0.39 is 0 Å². The van der Waals surface area contributed by atoms with Crippen LogP contribution < -0.4 is 10.4 Å². The number of carbonyl (C=O) groups is 2. The van der Waals surface area contributed by atoms with Crippen LogP contribution in [0.2, 0.25) is 0 Å². The molecule has 2 aromatic carbocycles. The van der Waals surface area contributed by atoms with Crippen LogP contribution in [0.1, 0.15) is 23.1 Å². The number of benzene rings is 2. The molecule has 0 atom stereocenters. The third kappa shape index (κ3) is 4.39. The minimum atomic E-state index is -0.0731. The predicted molar refractivity (Wildman–Crippen MR) is 118 cm³/mol. The minimum Gasteiger partial charge on any atom is -0.335 e. The van der Waals surface area contributed by atoms with Crippen molar-refractivity contribution in [2.75, 3.05) is 31.2 Å². The molecular formula is C24H28N4O2. The molecule has 0 radical (unpaired) electrons. The lowest BCUT2D eigenvalue weighted by Crippen LogP contribution is -2.53. The standard InChI is InChI=1S/C24H28N4O2/c1-18-8-9-20(19(2)16-18)17-26-12-14-27(15-13-26)24(30)22-10-11-23(29)28(25-22)21-6-4-3-5-7-21/h3-10,16,25H,11-15,17H2,1-2H3. The maximum absolute atomic E-state index is 13.0. The van der Waals surface area contributed by atoms with E-state index in [0.717, 1.165) is 25.3 Å². The van der Waals surface area contributed by atoms with Crippen molar-refractivity contribution in [1.29, 1.82) is 0 Å². The highest BCUT2D eigenvalue weighted by molar-refractivity contribution is 6.01. The van der Waals surface area contributed by atoms with Crippen LogP contribution in [0.15, 0.2) is 60.3 Å². The SMILES string of the molecule is Cc1ccc(CN2CCN(C(=O)C3=CCC(=O)N(c4ccccc4)N3)CC2)c(C)c1. The topological polar surface area (TPSA) is 55.9 Å². The zero-order valence-electron chi connectivity index (χ0n) is 17.6. The number of nitrogens with zero attached hydrogens (tertiary/aromatic N) is 3. The first-order valence-corrected chi connectivity index (χ1v) is 10.4. The summed E-state index contributed by atoms with van der Waals surface area (Å²) in [5.74, 6) is -0.120. The quantitative estimate of drug-likeness (QED) is 0.852. The number of para-hydroxylation sites is 1. The van der Waals surface area contributed by atoms with Crippen LogP contribution in [0.25, 0.3) is 0 Å². The van der Waals surface area contributed by atoms with Crippen molar-refractivity contribution in [3.8, 4) is 0 Å². The molecule has 1 fully saturated rings. The number of nitrogens with one attached hydrogen (secondary N) is 1. The Labute approximate surface area is 177 Å². The highest BCUT2D eigenvalue weighted by atomic mass is 16.2. The van der Waals surface area contributed by atoms with E-state index in [1.165, 1.54) is 21.7 Å². The number of rotatable bonds is 4. The van der Waals surface area contributed by atoms with Crippen LogP contribution in [0, 0.1) is 13.8 Å². The molecule has 0 saturated carbocycles. The Morgan fingerprint density at radius 1 is 1.00 bits per heavy atom. The Morgan fingerprint density at radius 3 is 2.43 bits per heavy atom. The van der Waals surface area contributed by atoms with Gasteiger partial charge in [-0.1, -0.05) is 42.0 Å². The van der Waals surface area contributed by atoms with Gasteiger partial charge in [0.25, 0.3) is 5.91 Å². The zero-order chi connectivity index (χ0) is 21.1. The van der Waals surface area contributed by atoms with Crippen molar-refractivity contribution in [3.05, 3.63) is 77.0 Å². The van der Waals surface area contributed by atoms with Crippen molar-refractivity contribution >= 4 is 17.5 Å². The van der Waals surface area contributed by atoms with E-state index in [1.807, 2.05) is 35.2 Å². The first kappa shape index (κ1) is 20.2. The fraction of sp³-hybridized carbons (Fsp3) is 0.333. The third-order valence-corrected chi connectivity index (χ3v) is 5.76. The van der Waals surface area contributed by atoms with Crippen LogP contribution in [0.3, 0.4) is 0 Å². The predicted octanol–water partition coefficient (Wildman–Crippen LogP) is 2.77. The molecular weight excluding hydrogens is 376 g/mol. The van der Waals surface area contributed by atoms with E-state index >= 15 is 0 Å². The van der Waals surface area contributed by atoms with E-state index in [9.17, 15) is 9.59 Å². The molecule has 4 rings (SSSR count). The first-order chi connectivity index (χ1) is 14.5. The monoisotopic (exact) mass is 404 g/mol. The lowest BCUT2D eigenvalue weighted by Gasteiger charge is -2.37. The summed E-state index contributed by atoms with van der Waals surface area (Å²) in [5.41, 5.74) is 8.17. The maximum atomic E-state index is 13.0. The molecule has 2 aliphatic heterocycles. The Morgan fingerprint density at radius 2 is 1.73 bits per heavy atom. The Kier molecular flexibility index (Phi) is 5.86. The van der Waals surface area contributed by atoms with E-state index in [2.05, 4.69) is 42.4 Å². The van der Waals surface area contributed by atoms with Gasteiger partial charge in [-0.15, -0.1) is 0 Å². The average Bonchev–Trinajstić information content (AvgIpc) is 2.77. The van der Waals surface area contributed by atoms with Crippen molar-refractivity contribution in [2.24, 2.45) is 0 Å². The molecule has 156 valence electrons. The molecule has 0 spiro atoms. The molecule has 0 aliphatic carbocycles. The molecule has 2 heterocycles. The van der Waals surface area contributed by atoms with E-state index in [1.54, 1.807) is 6.08 Å². The van der Waals surface area contributed by atoms with Crippen molar-refractivity contribution < 1.29 is 9.59 Å². The second-order valence-corrected chi connectivity index (χ2v) is 8.00. The fourth-order valence-electron chi connectivity index (χ4n) is 3.97. The summed E-state index contributed by atoms with van der Waals surface area (Å²) < 4.78 is 0. The normalized spacial score (nSPS) is 17.5. The number of carbonyl (C=O) groups excluding carboxylic acids is 2. The van der Waals surface area contributed by atoms with Gasteiger partial charge in [0.1, 0.15) is 5.70 Å². The fourth-order valence-corrected chi connectivity index (χ4v) is 3.97. The average molecular weight is 405 g/mol. The number of hydrazine groups is 1. The summed E-state index contributed by atoms with van der Waals surface area (Å²) in [6, 6.07) is 15.9. The van der Waals surface area contributed by atoms with E-state index in [4.69, 9.17) is 0 Å². The third-order valence-electron chi connectivity index (χ3n) is 5.76. The lowest BCUT2D eigenvalue weighted by molar-refractivity contribution is -0.129. The molecule has 6 nitrogen and oxygen atoms in total. The molecule has 30 heavy (non-hydrogen) atoms. The lowest BCUT2D eigenvalue weighted by atomic mass is 10.1. The molecule has 0 bridgehead atoms. The number of amides is 2. The Bertz CT molecular complexity index is 962. The van der Waals surface area contributed by atoms with Crippen LogP contribution in [0.5, 0.6) is 0 Å². The van der Waals surface area contributed by atoms with Gasteiger partial charge in [-0.05, 0) is 43.2 Å². The molecule has 0 unspecified atom stereocenters. The zero-order valence-corrected chi connectivity index (χ0v) is 17.6. The summed E-state index contributed by atoms with van der Waals surface area (Å²) in [5, 5.41) is 1.46. The molecule has 2 aromatic rings. The number of hydrogen-bond acceptors (Lipinski definition) is 4. The summed E-state index contributed by atoms with van der Waals surface area (Å²) in [7, 11) is 0. The Hall–Kier alpha value is -3.12. The summed E-state index contributed by atoms with van der Waals surface area (Å²) in [6.45, 7) is 8.22. The molecule has 1 N–H and O–H groups in total. The summed E-state index contributed by atoms with van der Waals surface area (Å²) in [6.07, 6.45) is 1.92. The Balaban J connectivity index is 1.35. The van der Waals surface area contributed by atoms with Gasteiger partial charge in [0.2, 0.25) is 5.91 Å². The van der Waals surface area contributed by atoms with E-state index in [0.29, 0.717) is 18.8 Å². The second kappa shape index (κ2) is 8.71. The van der Waals surface area contributed by atoms with Crippen molar-refractivity contribution in [3.63, 3.8) is 0 Å². The molecule has 2 amide bonds. The van der Waals surface area contributed by atoms with Gasteiger partial charge in [-0.3, -0.25) is 19.9 Å². The highest BCUT2D eigenvalue weighted by Crippen LogP contribution is 2.19. The van der Waals surface area contributed by atoms with Gasteiger partial charge in [0.15, 0.2) is 0 Å². The molecule has 0 aromatic heterocycles. The van der Waals surface area contributed by atoms with Crippen LogP contribution in [0.4, 0.5) is 5.69 Å².